The van der Waals surface area contributed by atoms with Gasteiger partial charge in [0.05, 0.1) is 12.9 Å². The standard InChI is InChI=1S/C16H25NO3S/c1-16(2,3)20-15(18)11-21-10-13(17-4)12-8-6-7-9-14(12)19-5/h6-9,13,17H,10-11H2,1-5H3. The van der Waals surface area contributed by atoms with Gasteiger partial charge < -0.3 is 14.8 Å². The average molecular weight is 311 g/mol. The minimum atomic E-state index is -0.428. The number of ether oxygens (including phenoxy) is 2. The topological polar surface area (TPSA) is 47.6 Å². The first-order valence-electron chi connectivity index (χ1n) is 6.97. The summed E-state index contributed by atoms with van der Waals surface area (Å²) in [5.74, 6) is 1.80. The first-order chi connectivity index (χ1) is 9.87. The van der Waals surface area contributed by atoms with Crippen molar-refractivity contribution in [1.82, 2.24) is 5.32 Å². The van der Waals surface area contributed by atoms with Crippen molar-refractivity contribution in [2.75, 3.05) is 25.7 Å². The van der Waals surface area contributed by atoms with Gasteiger partial charge in [-0.05, 0) is 33.9 Å². The van der Waals surface area contributed by atoms with Crippen LogP contribution < -0.4 is 10.1 Å². The molecule has 0 amide bonds. The zero-order chi connectivity index (χ0) is 15.9. The maximum absolute atomic E-state index is 11.7. The van der Waals surface area contributed by atoms with Crippen molar-refractivity contribution in [2.24, 2.45) is 0 Å². The van der Waals surface area contributed by atoms with Gasteiger partial charge in [0, 0.05) is 17.4 Å². The van der Waals surface area contributed by atoms with Crippen molar-refractivity contribution in [3.8, 4) is 5.75 Å². The zero-order valence-electron chi connectivity index (χ0n) is 13.4. The third-order valence-corrected chi connectivity index (χ3v) is 3.80. The van der Waals surface area contributed by atoms with Gasteiger partial charge in [-0.3, -0.25) is 4.79 Å². The number of methoxy groups -OCH3 is 1. The van der Waals surface area contributed by atoms with E-state index in [1.165, 1.54) is 0 Å². The van der Waals surface area contributed by atoms with Crippen molar-refractivity contribution >= 4 is 17.7 Å². The molecule has 0 aliphatic carbocycles. The van der Waals surface area contributed by atoms with Gasteiger partial charge in [0.15, 0.2) is 0 Å². The third-order valence-electron chi connectivity index (χ3n) is 2.79. The molecular formula is C16H25NO3S. The van der Waals surface area contributed by atoms with Gasteiger partial charge >= 0.3 is 5.97 Å². The fourth-order valence-electron chi connectivity index (χ4n) is 1.91. The van der Waals surface area contributed by atoms with Crippen molar-refractivity contribution in [1.29, 1.82) is 0 Å². The summed E-state index contributed by atoms with van der Waals surface area (Å²) in [5.41, 5.74) is 0.669. The van der Waals surface area contributed by atoms with Gasteiger partial charge in [-0.1, -0.05) is 18.2 Å². The molecule has 118 valence electrons. The monoisotopic (exact) mass is 311 g/mol. The van der Waals surface area contributed by atoms with Crippen molar-refractivity contribution in [3.05, 3.63) is 29.8 Å². The van der Waals surface area contributed by atoms with E-state index in [9.17, 15) is 4.79 Å². The van der Waals surface area contributed by atoms with E-state index in [-0.39, 0.29) is 12.0 Å². The minimum absolute atomic E-state index is 0.133. The van der Waals surface area contributed by atoms with Crippen LogP contribution >= 0.6 is 11.8 Å². The van der Waals surface area contributed by atoms with Gasteiger partial charge in [-0.15, -0.1) is 11.8 Å². The summed E-state index contributed by atoms with van der Waals surface area (Å²) in [6.45, 7) is 5.63. The lowest BCUT2D eigenvalue weighted by molar-refractivity contribution is -0.151. The van der Waals surface area contributed by atoms with Crippen molar-refractivity contribution in [3.63, 3.8) is 0 Å². The summed E-state index contributed by atoms with van der Waals surface area (Å²) in [4.78, 5) is 11.7. The van der Waals surface area contributed by atoms with Gasteiger partial charge in [-0.2, -0.15) is 0 Å². The van der Waals surface area contributed by atoms with Crippen LogP contribution in [0.25, 0.3) is 0 Å². The van der Waals surface area contributed by atoms with Crippen LogP contribution in [0.2, 0.25) is 0 Å². The molecule has 1 aromatic rings. The van der Waals surface area contributed by atoms with Crippen molar-refractivity contribution in [2.45, 2.75) is 32.4 Å². The van der Waals surface area contributed by atoms with Crippen LogP contribution in [0, 0.1) is 0 Å². The second-order valence-corrected chi connectivity index (χ2v) is 6.72. The number of para-hydroxylation sites is 1. The molecule has 0 aromatic heterocycles. The summed E-state index contributed by atoms with van der Waals surface area (Å²) in [7, 11) is 3.57. The molecule has 0 aliphatic heterocycles. The maximum atomic E-state index is 11.7. The SMILES string of the molecule is CNC(CSCC(=O)OC(C)(C)C)c1ccccc1OC. The third kappa shape index (κ3) is 6.40. The largest absolute Gasteiger partial charge is 0.496 e. The number of thioether (sulfide) groups is 1. The molecule has 0 fully saturated rings. The van der Waals surface area contributed by atoms with Crippen LogP contribution in [-0.4, -0.2) is 37.2 Å². The smallest absolute Gasteiger partial charge is 0.316 e. The number of hydrogen-bond donors (Lipinski definition) is 1. The van der Waals surface area contributed by atoms with E-state index in [2.05, 4.69) is 5.32 Å². The predicted molar refractivity (Wildman–Crippen MR) is 88.0 cm³/mol. The van der Waals surface area contributed by atoms with E-state index < -0.39 is 5.60 Å². The Morgan fingerprint density at radius 2 is 2.00 bits per heavy atom. The number of benzene rings is 1. The lowest BCUT2D eigenvalue weighted by Gasteiger charge is -2.21. The summed E-state index contributed by atoms with van der Waals surface area (Å²) in [5, 5.41) is 3.26. The van der Waals surface area contributed by atoms with Crippen molar-refractivity contribution < 1.29 is 14.3 Å². The molecule has 0 saturated heterocycles. The van der Waals surface area contributed by atoms with Gasteiger partial charge in [0.1, 0.15) is 11.4 Å². The molecule has 0 radical (unpaired) electrons. The molecule has 1 rings (SSSR count). The van der Waals surface area contributed by atoms with E-state index in [1.54, 1.807) is 18.9 Å². The Hall–Kier alpha value is -1.20. The van der Waals surface area contributed by atoms with Gasteiger partial charge in [0.2, 0.25) is 0 Å². The fourth-order valence-corrected chi connectivity index (χ4v) is 2.84. The summed E-state index contributed by atoms with van der Waals surface area (Å²) in [6.07, 6.45) is 0. The number of rotatable bonds is 7. The lowest BCUT2D eigenvalue weighted by atomic mass is 10.1. The van der Waals surface area contributed by atoms with E-state index in [0.717, 1.165) is 17.1 Å². The first-order valence-corrected chi connectivity index (χ1v) is 8.12. The number of carbonyl (C=O) groups is 1. The fraction of sp³-hybridized carbons (Fsp3) is 0.562. The quantitative estimate of drug-likeness (QED) is 0.784. The van der Waals surface area contributed by atoms with Gasteiger partial charge in [-0.25, -0.2) is 0 Å². The van der Waals surface area contributed by atoms with E-state index in [0.29, 0.717) is 5.75 Å². The molecule has 0 heterocycles. The van der Waals surface area contributed by atoms with Crippen LogP contribution in [0.5, 0.6) is 5.75 Å². The molecule has 1 aromatic carbocycles. The van der Waals surface area contributed by atoms with Crippen LogP contribution in [-0.2, 0) is 9.53 Å². The second kappa shape index (κ2) is 8.29. The molecule has 4 nitrogen and oxygen atoms in total. The highest BCUT2D eigenvalue weighted by molar-refractivity contribution is 7.99. The normalized spacial score (nSPS) is 12.8. The summed E-state index contributed by atoms with van der Waals surface area (Å²) >= 11 is 1.56. The van der Waals surface area contributed by atoms with Gasteiger partial charge in [0.25, 0.3) is 0 Å². The number of carbonyl (C=O) groups excluding carboxylic acids is 1. The molecule has 0 bridgehead atoms. The summed E-state index contributed by atoms with van der Waals surface area (Å²) < 4.78 is 10.7. The Morgan fingerprint density at radius 1 is 1.33 bits per heavy atom. The molecule has 1 unspecified atom stereocenters. The maximum Gasteiger partial charge on any atom is 0.316 e. The van der Waals surface area contributed by atoms with Crippen LogP contribution in [0.1, 0.15) is 32.4 Å². The van der Waals surface area contributed by atoms with Crippen LogP contribution in [0.15, 0.2) is 24.3 Å². The Balaban J connectivity index is 2.54. The Bertz CT molecular complexity index is 457. The van der Waals surface area contributed by atoms with Crippen LogP contribution in [0.4, 0.5) is 0 Å². The predicted octanol–water partition coefficient (Wildman–Crippen LogP) is 3.03. The molecule has 1 atom stereocenters. The Labute approximate surface area is 131 Å². The highest BCUT2D eigenvalue weighted by atomic mass is 32.2. The number of esters is 1. The Kier molecular flexibility index (Phi) is 7.05. The molecule has 0 spiro atoms. The molecule has 5 heteroatoms. The van der Waals surface area contributed by atoms with E-state index in [4.69, 9.17) is 9.47 Å². The highest BCUT2D eigenvalue weighted by Gasteiger charge is 2.18. The minimum Gasteiger partial charge on any atom is -0.496 e. The Morgan fingerprint density at radius 3 is 2.57 bits per heavy atom. The zero-order valence-corrected chi connectivity index (χ0v) is 14.3. The molecule has 0 saturated carbocycles. The number of hydrogen-bond acceptors (Lipinski definition) is 5. The molecule has 1 N–H and O–H groups in total. The van der Waals surface area contributed by atoms with E-state index in [1.807, 2.05) is 52.1 Å². The molecular weight excluding hydrogens is 286 g/mol. The first kappa shape index (κ1) is 17.9. The van der Waals surface area contributed by atoms with Crippen LogP contribution in [0.3, 0.4) is 0 Å². The summed E-state index contributed by atoms with van der Waals surface area (Å²) in [6, 6.07) is 8.05. The van der Waals surface area contributed by atoms with E-state index >= 15 is 0 Å². The molecule has 0 aliphatic rings. The average Bonchev–Trinajstić information content (AvgIpc) is 2.42. The highest BCUT2D eigenvalue weighted by Crippen LogP contribution is 2.27. The lowest BCUT2D eigenvalue weighted by Crippen LogP contribution is -2.25. The second-order valence-electron chi connectivity index (χ2n) is 5.68. The molecule has 21 heavy (non-hydrogen) atoms. The number of nitrogens with one attached hydrogen (secondary N) is 1.